The second-order valence-electron chi connectivity index (χ2n) is 6.43. The third-order valence-electron chi connectivity index (χ3n) is 4.61. The lowest BCUT2D eigenvalue weighted by molar-refractivity contribution is -0.113. The summed E-state index contributed by atoms with van der Waals surface area (Å²) in [4.78, 5) is 0. The van der Waals surface area contributed by atoms with Gasteiger partial charge in [0, 0.05) is 6.54 Å². The molecule has 1 aliphatic rings. The Kier molecular flexibility index (Phi) is 8.01. The first-order chi connectivity index (χ1) is 9.15. The zero-order chi connectivity index (χ0) is 14.1. The van der Waals surface area contributed by atoms with Crippen LogP contribution in [0.15, 0.2) is 0 Å². The largest absolute Gasteiger partial charge is 0.371 e. The van der Waals surface area contributed by atoms with Gasteiger partial charge in [-0.25, -0.2) is 0 Å². The summed E-state index contributed by atoms with van der Waals surface area (Å²) in [5.41, 5.74) is 0.120. The predicted molar refractivity (Wildman–Crippen MR) is 83.6 cm³/mol. The molecule has 2 heteroatoms. The fraction of sp³-hybridized carbons (Fsp3) is 1.00. The maximum absolute atomic E-state index is 6.44. The number of nitrogens with one attached hydrogen (secondary N) is 1. The van der Waals surface area contributed by atoms with Crippen molar-refractivity contribution in [2.45, 2.75) is 90.8 Å². The zero-order valence-electron chi connectivity index (χ0n) is 13.6. The number of rotatable bonds is 9. The number of ether oxygens (including phenoxy) is 1. The summed E-state index contributed by atoms with van der Waals surface area (Å²) in [6, 6.07) is 0. The molecule has 0 aromatic rings. The lowest BCUT2D eigenvalue weighted by Gasteiger charge is -2.42. The van der Waals surface area contributed by atoms with Gasteiger partial charge in [0.25, 0.3) is 0 Å². The first kappa shape index (κ1) is 17.0. The predicted octanol–water partition coefficient (Wildman–Crippen LogP) is 4.53. The molecule has 19 heavy (non-hydrogen) atoms. The molecule has 1 rings (SSSR count). The summed E-state index contributed by atoms with van der Waals surface area (Å²) in [7, 11) is 0. The summed E-state index contributed by atoms with van der Waals surface area (Å²) in [5.74, 6) is 0.949. The van der Waals surface area contributed by atoms with Gasteiger partial charge < -0.3 is 10.1 Å². The van der Waals surface area contributed by atoms with Gasteiger partial charge in [0.05, 0.1) is 11.7 Å². The van der Waals surface area contributed by atoms with Gasteiger partial charge in [-0.2, -0.15) is 0 Å². The van der Waals surface area contributed by atoms with Crippen LogP contribution in [0.25, 0.3) is 0 Å². The molecule has 1 aliphatic carbocycles. The van der Waals surface area contributed by atoms with Gasteiger partial charge in [-0.15, -0.1) is 0 Å². The second-order valence-corrected chi connectivity index (χ2v) is 6.43. The van der Waals surface area contributed by atoms with E-state index in [9.17, 15) is 0 Å². The lowest BCUT2D eigenvalue weighted by Crippen LogP contribution is -2.47. The van der Waals surface area contributed by atoms with Gasteiger partial charge in [0.2, 0.25) is 0 Å². The maximum Gasteiger partial charge on any atom is 0.0810 e. The minimum atomic E-state index is 0.120. The zero-order valence-corrected chi connectivity index (χ0v) is 13.6. The lowest BCUT2D eigenvalue weighted by atomic mass is 9.77. The molecule has 0 saturated heterocycles. The highest BCUT2D eigenvalue weighted by Crippen LogP contribution is 2.37. The normalized spacial score (nSPS) is 29.4. The third kappa shape index (κ3) is 5.83. The van der Waals surface area contributed by atoms with Crippen LogP contribution in [-0.4, -0.2) is 24.8 Å². The van der Waals surface area contributed by atoms with Gasteiger partial charge in [-0.05, 0) is 57.9 Å². The Morgan fingerprint density at radius 2 is 1.84 bits per heavy atom. The molecule has 0 spiro atoms. The molecule has 1 atom stereocenters. The van der Waals surface area contributed by atoms with E-state index < -0.39 is 0 Å². The number of hydrogen-bond donors (Lipinski definition) is 1. The highest BCUT2D eigenvalue weighted by molar-refractivity contribution is 4.90. The van der Waals surface area contributed by atoms with Crippen LogP contribution in [0.3, 0.4) is 0 Å². The van der Waals surface area contributed by atoms with E-state index in [0.29, 0.717) is 6.10 Å². The molecular formula is C17H35NO. The van der Waals surface area contributed by atoms with Crippen LogP contribution in [0.1, 0.15) is 79.1 Å². The highest BCUT2D eigenvalue weighted by Gasteiger charge is 2.36. The molecular weight excluding hydrogens is 234 g/mol. The Hall–Kier alpha value is -0.0800. The Bertz CT molecular complexity index is 221. The smallest absolute Gasteiger partial charge is 0.0810 e. The van der Waals surface area contributed by atoms with E-state index in [2.05, 4.69) is 33.0 Å². The fourth-order valence-corrected chi connectivity index (χ4v) is 3.24. The van der Waals surface area contributed by atoms with Crippen LogP contribution in [0.4, 0.5) is 0 Å². The van der Waals surface area contributed by atoms with Gasteiger partial charge in [-0.3, -0.25) is 0 Å². The van der Waals surface area contributed by atoms with E-state index in [1.54, 1.807) is 0 Å². The first-order valence-electron chi connectivity index (χ1n) is 8.54. The average Bonchev–Trinajstić information content (AvgIpc) is 2.42. The summed E-state index contributed by atoms with van der Waals surface area (Å²) in [5, 5.41) is 3.60. The highest BCUT2D eigenvalue weighted by atomic mass is 16.5. The monoisotopic (exact) mass is 269 g/mol. The quantitative estimate of drug-likeness (QED) is 0.621. The second kappa shape index (κ2) is 8.97. The van der Waals surface area contributed by atoms with Crippen LogP contribution in [0.2, 0.25) is 0 Å². The van der Waals surface area contributed by atoms with Gasteiger partial charge in [-0.1, -0.05) is 33.6 Å². The maximum atomic E-state index is 6.44. The van der Waals surface area contributed by atoms with Crippen molar-refractivity contribution in [1.82, 2.24) is 5.32 Å². The summed E-state index contributed by atoms with van der Waals surface area (Å²) in [6.45, 7) is 11.1. The van der Waals surface area contributed by atoms with Crippen molar-refractivity contribution in [3.8, 4) is 0 Å². The Labute approximate surface area is 120 Å². The molecule has 2 nitrogen and oxygen atoms in total. The van der Waals surface area contributed by atoms with E-state index in [1.807, 2.05) is 0 Å². The van der Waals surface area contributed by atoms with Crippen LogP contribution < -0.4 is 5.32 Å². The third-order valence-corrected chi connectivity index (χ3v) is 4.61. The molecule has 0 aromatic carbocycles. The molecule has 1 saturated carbocycles. The van der Waals surface area contributed by atoms with E-state index in [4.69, 9.17) is 4.74 Å². The molecule has 0 amide bonds. The average molecular weight is 269 g/mol. The minimum absolute atomic E-state index is 0.120. The van der Waals surface area contributed by atoms with E-state index >= 15 is 0 Å². The van der Waals surface area contributed by atoms with Crippen molar-refractivity contribution < 1.29 is 4.74 Å². The topological polar surface area (TPSA) is 21.3 Å². The molecule has 0 bridgehead atoms. The van der Waals surface area contributed by atoms with Gasteiger partial charge >= 0.3 is 0 Å². The van der Waals surface area contributed by atoms with Crippen molar-refractivity contribution in [2.75, 3.05) is 13.1 Å². The fourth-order valence-electron chi connectivity index (χ4n) is 3.24. The van der Waals surface area contributed by atoms with Crippen molar-refractivity contribution in [2.24, 2.45) is 5.92 Å². The van der Waals surface area contributed by atoms with Crippen molar-refractivity contribution >= 4 is 0 Å². The standard InChI is InChI=1S/C17H35NO/c1-5-8-16-9-11-17(12-10-16,14-18-13-6-2)19-15(4)7-3/h15-16,18H,5-14H2,1-4H3. The van der Waals surface area contributed by atoms with Crippen LogP contribution in [0.5, 0.6) is 0 Å². The molecule has 1 unspecified atom stereocenters. The Morgan fingerprint density at radius 1 is 1.16 bits per heavy atom. The molecule has 1 N–H and O–H groups in total. The Balaban J connectivity index is 2.51. The molecule has 0 aromatic heterocycles. The SMILES string of the molecule is CCCNCC1(OC(C)CC)CCC(CCC)CC1. The van der Waals surface area contributed by atoms with Crippen LogP contribution >= 0.6 is 0 Å². The molecule has 114 valence electrons. The van der Waals surface area contributed by atoms with E-state index in [0.717, 1.165) is 25.4 Å². The molecule has 0 aliphatic heterocycles. The Morgan fingerprint density at radius 3 is 2.37 bits per heavy atom. The molecule has 0 heterocycles. The molecule has 0 radical (unpaired) electrons. The van der Waals surface area contributed by atoms with Crippen molar-refractivity contribution in [1.29, 1.82) is 0 Å². The first-order valence-corrected chi connectivity index (χ1v) is 8.54. The van der Waals surface area contributed by atoms with E-state index in [1.165, 1.54) is 44.9 Å². The summed E-state index contributed by atoms with van der Waals surface area (Å²) >= 11 is 0. The number of hydrogen-bond acceptors (Lipinski definition) is 2. The van der Waals surface area contributed by atoms with Crippen LogP contribution in [-0.2, 0) is 4.74 Å². The van der Waals surface area contributed by atoms with E-state index in [-0.39, 0.29) is 5.60 Å². The molecule has 1 fully saturated rings. The van der Waals surface area contributed by atoms with Crippen molar-refractivity contribution in [3.05, 3.63) is 0 Å². The minimum Gasteiger partial charge on any atom is -0.371 e. The summed E-state index contributed by atoms with van der Waals surface area (Å²) in [6.07, 6.45) is 10.7. The van der Waals surface area contributed by atoms with Gasteiger partial charge in [0.15, 0.2) is 0 Å². The van der Waals surface area contributed by atoms with Crippen LogP contribution in [0, 0.1) is 5.92 Å². The van der Waals surface area contributed by atoms with Crippen molar-refractivity contribution in [3.63, 3.8) is 0 Å². The summed E-state index contributed by atoms with van der Waals surface area (Å²) < 4.78 is 6.44. The van der Waals surface area contributed by atoms with Gasteiger partial charge in [0.1, 0.15) is 0 Å².